The second-order valence-corrected chi connectivity index (χ2v) is 5.57. The summed E-state index contributed by atoms with van der Waals surface area (Å²) in [5, 5.41) is 5.98. The van der Waals surface area contributed by atoms with Crippen molar-refractivity contribution in [2.24, 2.45) is 0 Å². The number of halogens is 2. The van der Waals surface area contributed by atoms with E-state index in [1.807, 2.05) is 23.6 Å². The third-order valence-electron chi connectivity index (χ3n) is 1.83. The highest BCUT2D eigenvalue weighted by Crippen LogP contribution is 2.28. The molecular formula is C10H8Br2N2OS. The number of anilines is 2. The van der Waals surface area contributed by atoms with Gasteiger partial charge in [-0.05, 0) is 28.1 Å². The van der Waals surface area contributed by atoms with Gasteiger partial charge in [0.2, 0.25) is 0 Å². The second kappa shape index (κ2) is 5.16. The van der Waals surface area contributed by atoms with Crippen molar-refractivity contribution in [3.8, 4) is 5.75 Å². The average Bonchev–Trinajstić information content (AvgIpc) is 2.63. The van der Waals surface area contributed by atoms with Crippen LogP contribution in [0.1, 0.15) is 0 Å². The third-order valence-corrected chi connectivity index (χ3v) is 3.76. The molecule has 3 nitrogen and oxygen atoms in total. The molecule has 1 aromatic heterocycles. The van der Waals surface area contributed by atoms with Crippen LogP contribution in [0.3, 0.4) is 0 Å². The molecule has 2 rings (SSSR count). The molecule has 0 unspecified atom stereocenters. The molecule has 0 radical (unpaired) electrons. The molecule has 1 heterocycles. The molecule has 0 fully saturated rings. The van der Waals surface area contributed by atoms with Crippen LogP contribution in [0.25, 0.3) is 0 Å². The van der Waals surface area contributed by atoms with Gasteiger partial charge in [-0.2, -0.15) is 0 Å². The fraction of sp³-hybridized carbons (Fsp3) is 0.100. The van der Waals surface area contributed by atoms with Gasteiger partial charge in [0.15, 0.2) is 5.13 Å². The summed E-state index contributed by atoms with van der Waals surface area (Å²) in [6.45, 7) is 0. The first kappa shape index (κ1) is 11.9. The minimum atomic E-state index is 0.799. The van der Waals surface area contributed by atoms with E-state index in [1.165, 1.54) is 11.3 Å². The van der Waals surface area contributed by atoms with E-state index in [-0.39, 0.29) is 0 Å². The molecule has 1 aromatic carbocycles. The summed E-state index contributed by atoms with van der Waals surface area (Å²) in [5.74, 6) is 0.799. The topological polar surface area (TPSA) is 34.1 Å². The van der Waals surface area contributed by atoms with Crippen LogP contribution in [-0.4, -0.2) is 12.1 Å². The van der Waals surface area contributed by atoms with E-state index in [0.717, 1.165) is 25.6 Å². The Labute approximate surface area is 114 Å². The Kier molecular flexibility index (Phi) is 3.83. The Bertz CT molecular complexity index is 501. The van der Waals surface area contributed by atoms with E-state index < -0.39 is 0 Å². The zero-order valence-electron chi connectivity index (χ0n) is 8.33. The summed E-state index contributed by atoms with van der Waals surface area (Å²) in [5.41, 5.74) is 0.938. The Morgan fingerprint density at radius 2 is 2.12 bits per heavy atom. The van der Waals surface area contributed by atoms with Crippen molar-refractivity contribution in [1.82, 2.24) is 4.98 Å². The van der Waals surface area contributed by atoms with Crippen LogP contribution in [-0.2, 0) is 0 Å². The molecule has 0 atom stereocenters. The van der Waals surface area contributed by atoms with Gasteiger partial charge in [0.05, 0.1) is 7.11 Å². The number of aromatic nitrogens is 1. The van der Waals surface area contributed by atoms with Gasteiger partial charge in [-0.15, -0.1) is 11.3 Å². The normalized spacial score (nSPS) is 10.2. The first-order valence-electron chi connectivity index (χ1n) is 4.40. The average molecular weight is 364 g/mol. The van der Waals surface area contributed by atoms with Crippen LogP contribution in [0.15, 0.2) is 32.7 Å². The predicted octanol–water partition coefficient (Wildman–Crippen LogP) is 4.42. The van der Waals surface area contributed by atoms with E-state index in [0.29, 0.717) is 0 Å². The van der Waals surface area contributed by atoms with Gasteiger partial charge >= 0.3 is 0 Å². The maximum absolute atomic E-state index is 5.18. The van der Waals surface area contributed by atoms with Crippen molar-refractivity contribution >= 4 is 54.0 Å². The Morgan fingerprint density at radius 3 is 2.75 bits per heavy atom. The number of methoxy groups -OCH3 is 1. The predicted molar refractivity (Wildman–Crippen MR) is 73.8 cm³/mol. The number of hydrogen-bond acceptors (Lipinski definition) is 4. The van der Waals surface area contributed by atoms with Crippen molar-refractivity contribution < 1.29 is 4.74 Å². The lowest BCUT2D eigenvalue weighted by Crippen LogP contribution is -1.91. The Morgan fingerprint density at radius 1 is 1.31 bits per heavy atom. The lowest BCUT2D eigenvalue weighted by Gasteiger charge is -2.06. The minimum Gasteiger partial charge on any atom is -0.497 e. The highest BCUT2D eigenvalue weighted by Gasteiger charge is 2.03. The molecule has 16 heavy (non-hydrogen) atoms. The number of benzene rings is 1. The lowest BCUT2D eigenvalue weighted by atomic mass is 10.3. The van der Waals surface area contributed by atoms with Crippen LogP contribution >= 0.6 is 43.2 Å². The molecule has 84 valence electrons. The summed E-state index contributed by atoms with van der Waals surface area (Å²) in [6.07, 6.45) is 0. The SMILES string of the molecule is COc1cc(Br)cc(Nc2nc(Br)cs2)c1. The van der Waals surface area contributed by atoms with Crippen molar-refractivity contribution in [2.75, 3.05) is 12.4 Å². The largest absolute Gasteiger partial charge is 0.497 e. The van der Waals surface area contributed by atoms with Gasteiger partial charge in [-0.1, -0.05) is 15.9 Å². The first-order valence-corrected chi connectivity index (χ1v) is 6.86. The second-order valence-electron chi connectivity index (χ2n) is 2.98. The van der Waals surface area contributed by atoms with Crippen LogP contribution in [0, 0.1) is 0 Å². The fourth-order valence-corrected chi connectivity index (χ4v) is 2.82. The molecule has 0 saturated heterocycles. The summed E-state index contributed by atoms with van der Waals surface area (Å²) in [7, 11) is 1.64. The van der Waals surface area contributed by atoms with E-state index in [9.17, 15) is 0 Å². The monoisotopic (exact) mass is 362 g/mol. The van der Waals surface area contributed by atoms with Gasteiger partial charge in [-0.3, -0.25) is 0 Å². The van der Waals surface area contributed by atoms with Gasteiger partial charge in [0.1, 0.15) is 10.4 Å². The number of rotatable bonds is 3. The number of ether oxygens (including phenoxy) is 1. The van der Waals surface area contributed by atoms with Crippen molar-refractivity contribution in [3.63, 3.8) is 0 Å². The standard InChI is InChI=1S/C10H8Br2N2OS/c1-15-8-3-6(11)2-7(4-8)13-10-14-9(12)5-16-10/h2-5H,1H3,(H,13,14). The summed E-state index contributed by atoms with van der Waals surface area (Å²) < 4.78 is 6.98. The van der Waals surface area contributed by atoms with Crippen molar-refractivity contribution in [1.29, 1.82) is 0 Å². The molecule has 2 aromatic rings. The molecule has 0 saturated carbocycles. The Balaban J connectivity index is 2.24. The van der Waals surface area contributed by atoms with E-state index in [4.69, 9.17) is 4.74 Å². The zero-order valence-corrected chi connectivity index (χ0v) is 12.3. The molecule has 0 amide bonds. The molecule has 0 spiro atoms. The molecule has 0 aliphatic carbocycles. The Hall–Kier alpha value is -0.590. The van der Waals surface area contributed by atoms with Gasteiger partial charge in [0.25, 0.3) is 0 Å². The van der Waals surface area contributed by atoms with Gasteiger partial charge in [0, 0.05) is 21.6 Å². The molecule has 0 aliphatic heterocycles. The highest BCUT2D eigenvalue weighted by molar-refractivity contribution is 9.10. The number of nitrogens with zero attached hydrogens (tertiary/aromatic N) is 1. The van der Waals surface area contributed by atoms with Crippen LogP contribution in [0.5, 0.6) is 5.75 Å². The van der Waals surface area contributed by atoms with Crippen molar-refractivity contribution in [3.05, 3.63) is 32.7 Å². The lowest BCUT2D eigenvalue weighted by molar-refractivity contribution is 0.415. The van der Waals surface area contributed by atoms with E-state index in [2.05, 4.69) is 42.2 Å². The number of hydrogen-bond donors (Lipinski definition) is 1. The molecule has 0 aliphatic rings. The van der Waals surface area contributed by atoms with Crippen molar-refractivity contribution in [2.45, 2.75) is 0 Å². The van der Waals surface area contributed by atoms with E-state index in [1.54, 1.807) is 7.11 Å². The number of nitrogens with one attached hydrogen (secondary N) is 1. The molecule has 1 N–H and O–H groups in total. The molecule has 0 bridgehead atoms. The van der Waals surface area contributed by atoms with Crippen LogP contribution in [0.4, 0.5) is 10.8 Å². The smallest absolute Gasteiger partial charge is 0.188 e. The van der Waals surface area contributed by atoms with Crippen LogP contribution < -0.4 is 10.1 Å². The first-order chi connectivity index (χ1) is 7.67. The quantitative estimate of drug-likeness (QED) is 0.876. The van der Waals surface area contributed by atoms with Gasteiger partial charge < -0.3 is 10.1 Å². The maximum Gasteiger partial charge on any atom is 0.188 e. The third kappa shape index (κ3) is 2.96. The minimum absolute atomic E-state index is 0.799. The van der Waals surface area contributed by atoms with E-state index >= 15 is 0 Å². The summed E-state index contributed by atoms with van der Waals surface area (Å²) in [4.78, 5) is 4.26. The zero-order chi connectivity index (χ0) is 11.5. The highest BCUT2D eigenvalue weighted by atomic mass is 79.9. The number of thiazole rings is 1. The summed E-state index contributed by atoms with van der Waals surface area (Å²) >= 11 is 8.28. The summed E-state index contributed by atoms with van der Waals surface area (Å²) in [6, 6.07) is 5.79. The maximum atomic E-state index is 5.18. The fourth-order valence-electron chi connectivity index (χ4n) is 1.19. The molecular weight excluding hydrogens is 356 g/mol. The van der Waals surface area contributed by atoms with Gasteiger partial charge in [-0.25, -0.2) is 4.98 Å². The molecule has 6 heteroatoms. The van der Waals surface area contributed by atoms with Crippen LogP contribution in [0.2, 0.25) is 0 Å².